The second-order valence-electron chi connectivity index (χ2n) is 4.61. The molecule has 0 aliphatic heterocycles. The maximum absolute atomic E-state index is 11.8. The van der Waals surface area contributed by atoms with E-state index in [1.807, 2.05) is 48.5 Å². The Morgan fingerprint density at radius 2 is 1.52 bits per heavy atom. The van der Waals surface area contributed by atoms with Crippen LogP contribution in [-0.4, -0.2) is 27.3 Å². The Balaban J connectivity index is 1.70. The molecule has 2 rings (SSSR count). The van der Waals surface area contributed by atoms with Crippen LogP contribution >= 0.6 is 0 Å². The Morgan fingerprint density at radius 1 is 0.905 bits per heavy atom. The lowest BCUT2D eigenvalue weighted by atomic mass is 10.2. The van der Waals surface area contributed by atoms with Crippen molar-refractivity contribution < 1.29 is 13.2 Å². The second kappa shape index (κ2) is 7.81. The molecule has 2 aromatic carbocycles. The van der Waals surface area contributed by atoms with Crippen molar-refractivity contribution in [3.05, 3.63) is 66.2 Å². The zero-order valence-electron chi connectivity index (χ0n) is 11.7. The molecule has 0 saturated heterocycles. The van der Waals surface area contributed by atoms with Crippen molar-refractivity contribution in [3.63, 3.8) is 0 Å². The summed E-state index contributed by atoms with van der Waals surface area (Å²) in [5, 5.41) is 0. The molecule has 112 valence electrons. The van der Waals surface area contributed by atoms with Crippen LogP contribution < -0.4 is 9.46 Å². The Bertz CT molecular complexity index is 576. The van der Waals surface area contributed by atoms with E-state index in [4.69, 9.17) is 4.74 Å². The Hall–Kier alpha value is -1.85. The first kappa shape index (κ1) is 15.5. The molecule has 0 spiro atoms. The first-order valence-electron chi connectivity index (χ1n) is 6.85. The quantitative estimate of drug-likeness (QED) is 0.813. The summed E-state index contributed by atoms with van der Waals surface area (Å²) in [6.45, 7) is 0.544. The van der Waals surface area contributed by atoms with Gasteiger partial charge in [-0.1, -0.05) is 48.5 Å². The van der Waals surface area contributed by atoms with Gasteiger partial charge in [0.25, 0.3) is 0 Å². The number of sulfonamides is 1. The van der Waals surface area contributed by atoms with Crippen LogP contribution in [0, 0.1) is 0 Å². The van der Waals surface area contributed by atoms with E-state index in [1.165, 1.54) is 0 Å². The summed E-state index contributed by atoms with van der Waals surface area (Å²) >= 11 is 0. The van der Waals surface area contributed by atoms with Crippen LogP contribution in [0.1, 0.15) is 5.56 Å². The summed E-state index contributed by atoms with van der Waals surface area (Å²) in [5.74, 6) is 0.633. The molecular weight excluding hydrogens is 286 g/mol. The fourth-order valence-electron chi connectivity index (χ4n) is 1.85. The van der Waals surface area contributed by atoms with Crippen molar-refractivity contribution in [1.29, 1.82) is 0 Å². The van der Waals surface area contributed by atoms with E-state index in [9.17, 15) is 8.42 Å². The zero-order valence-corrected chi connectivity index (χ0v) is 12.6. The third-order valence-corrected chi connectivity index (χ3v) is 4.29. The fourth-order valence-corrected chi connectivity index (χ4v) is 2.71. The number of hydrogen-bond donors (Lipinski definition) is 1. The van der Waals surface area contributed by atoms with Gasteiger partial charge in [0, 0.05) is 6.54 Å². The van der Waals surface area contributed by atoms with Crippen LogP contribution in [-0.2, 0) is 16.4 Å². The van der Waals surface area contributed by atoms with Crippen LogP contribution in [0.2, 0.25) is 0 Å². The van der Waals surface area contributed by atoms with Crippen LogP contribution in [0.15, 0.2) is 60.7 Å². The lowest BCUT2D eigenvalue weighted by Crippen LogP contribution is -2.30. The zero-order chi connectivity index (χ0) is 15.0. The topological polar surface area (TPSA) is 55.4 Å². The summed E-state index contributed by atoms with van der Waals surface area (Å²) < 4.78 is 31.6. The van der Waals surface area contributed by atoms with Crippen molar-refractivity contribution in [2.75, 3.05) is 18.9 Å². The van der Waals surface area contributed by atoms with Gasteiger partial charge in [-0.05, 0) is 24.1 Å². The van der Waals surface area contributed by atoms with Crippen LogP contribution in [0.4, 0.5) is 0 Å². The van der Waals surface area contributed by atoms with E-state index in [0.717, 1.165) is 5.56 Å². The minimum Gasteiger partial charge on any atom is -0.492 e. The number of para-hydroxylation sites is 1. The number of nitrogens with one attached hydrogen (secondary N) is 1. The normalized spacial score (nSPS) is 11.2. The molecule has 0 bridgehead atoms. The molecule has 4 nitrogen and oxygen atoms in total. The van der Waals surface area contributed by atoms with E-state index < -0.39 is 10.0 Å². The lowest BCUT2D eigenvalue weighted by Gasteiger charge is -2.08. The molecule has 1 N–H and O–H groups in total. The highest BCUT2D eigenvalue weighted by Gasteiger charge is 2.09. The monoisotopic (exact) mass is 305 g/mol. The summed E-state index contributed by atoms with van der Waals surface area (Å²) in [6.07, 6.45) is 0.680. The molecule has 2 aromatic rings. The maximum Gasteiger partial charge on any atom is 0.214 e. The van der Waals surface area contributed by atoms with Gasteiger partial charge in [-0.2, -0.15) is 0 Å². The van der Waals surface area contributed by atoms with Gasteiger partial charge in [0.15, 0.2) is 0 Å². The van der Waals surface area contributed by atoms with Gasteiger partial charge >= 0.3 is 0 Å². The summed E-state index contributed by atoms with van der Waals surface area (Å²) in [5.41, 5.74) is 1.11. The molecule has 0 saturated carbocycles. The van der Waals surface area contributed by atoms with Gasteiger partial charge in [-0.15, -0.1) is 0 Å². The summed E-state index contributed by atoms with van der Waals surface area (Å²) in [6, 6.07) is 19.0. The van der Waals surface area contributed by atoms with Gasteiger partial charge in [0.05, 0.1) is 5.75 Å². The molecule has 0 fully saturated rings. The van der Waals surface area contributed by atoms with Gasteiger partial charge in [0.2, 0.25) is 10.0 Å². The van der Waals surface area contributed by atoms with Gasteiger partial charge in [-0.3, -0.25) is 0 Å². The minimum absolute atomic E-state index is 0.0450. The Kier molecular flexibility index (Phi) is 5.78. The molecule has 0 aliphatic rings. The fraction of sp³-hybridized carbons (Fsp3) is 0.250. The highest BCUT2D eigenvalue weighted by molar-refractivity contribution is 7.89. The third-order valence-electron chi connectivity index (χ3n) is 2.94. The molecular formula is C16H19NO3S. The SMILES string of the molecule is O=S(=O)(CCOc1ccccc1)NCCc1ccccc1. The first-order valence-corrected chi connectivity index (χ1v) is 8.50. The highest BCUT2D eigenvalue weighted by Crippen LogP contribution is 2.08. The lowest BCUT2D eigenvalue weighted by molar-refractivity contribution is 0.340. The third kappa shape index (κ3) is 5.97. The molecule has 0 atom stereocenters. The van der Waals surface area contributed by atoms with Crippen LogP contribution in [0.5, 0.6) is 5.75 Å². The smallest absolute Gasteiger partial charge is 0.214 e. The summed E-state index contributed by atoms with van der Waals surface area (Å²) in [4.78, 5) is 0. The average Bonchev–Trinajstić information content (AvgIpc) is 2.49. The molecule has 0 amide bonds. The van der Waals surface area contributed by atoms with Crippen molar-refractivity contribution in [2.24, 2.45) is 0 Å². The molecule has 0 radical (unpaired) electrons. The van der Waals surface area contributed by atoms with Crippen molar-refractivity contribution in [3.8, 4) is 5.75 Å². The van der Waals surface area contributed by atoms with Crippen LogP contribution in [0.25, 0.3) is 0 Å². The van der Waals surface area contributed by atoms with Crippen LogP contribution in [0.3, 0.4) is 0 Å². The largest absolute Gasteiger partial charge is 0.492 e. The number of ether oxygens (including phenoxy) is 1. The van der Waals surface area contributed by atoms with E-state index in [0.29, 0.717) is 18.7 Å². The average molecular weight is 305 g/mol. The molecule has 0 aromatic heterocycles. The standard InChI is InChI=1S/C16H19NO3S/c18-21(19,14-13-20-16-9-5-2-6-10-16)17-12-11-15-7-3-1-4-8-15/h1-10,17H,11-14H2. The van der Waals surface area contributed by atoms with Crippen molar-refractivity contribution in [1.82, 2.24) is 4.72 Å². The molecule has 21 heavy (non-hydrogen) atoms. The minimum atomic E-state index is -3.30. The Morgan fingerprint density at radius 3 is 2.19 bits per heavy atom. The molecule has 0 unspecified atom stereocenters. The first-order chi connectivity index (χ1) is 10.2. The molecule has 0 aliphatic carbocycles. The predicted octanol–water partition coefficient (Wildman–Crippen LogP) is 2.23. The maximum atomic E-state index is 11.8. The van der Waals surface area contributed by atoms with E-state index in [2.05, 4.69) is 4.72 Å². The van der Waals surface area contributed by atoms with E-state index in [1.54, 1.807) is 12.1 Å². The Labute approximate surface area is 125 Å². The predicted molar refractivity (Wildman–Crippen MR) is 83.9 cm³/mol. The van der Waals surface area contributed by atoms with Gasteiger partial charge in [0.1, 0.15) is 12.4 Å². The summed E-state index contributed by atoms with van der Waals surface area (Å²) in [7, 11) is -3.30. The van der Waals surface area contributed by atoms with Gasteiger partial charge in [-0.25, -0.2) is 13.1 Å². The highest BCUT2D eigenvalue weighted by atomic mass is 32.2. The van der Waals surface area contributed by atoms with Crippen molar-refractivity contribution in [2.45, 2.75) is 6.42 Å². The molecule has 5 heteroatoms. The number of rotatable bonds is 8. The van der Waals surface area contributed by atoms with E-state index in [-0.39, 0.29) is 12.4 Å². The number of hydrogen-bond acceptors (Lipinski definition) is 3. The van der Waals surface area contributed by atoms with Gasteiger partial charge < -0.3 is 4.74 Å². The second-order valence-corrected chi connectivity index (χ2v) is 6.54. The van der Waals surface area contributed by atoms with E-state index >= 15 is 0 Å². The number of benzene rings is 2. The molecule has 0 heterocycles. The van der Waals surface area contributed by atoms with Crippen molar-refractivity contribution >= 4 is 10.0 Å².